The summed E-state index contributed by atoms with van der Waals surface area (Å²) >= 11 is 0. The third-order valence-electron chi connectivity index (χ3n) is 2.56. The molecule has 0 radical (unpaired) electrons. The molecule has 0 fully saturated rings. The Morgan fingerprint density at radius 3 is 2.73 bits per heavy atom. The van der Waals surface area contributed by atoms with E-state index < -0.39 is 9.84 Å². The predicted molar refractivity (Wildman–Crippen MR) is 60.0 cm³/mol. The highest BCUT2D eigenvalue weighted by Crippen LogP contribution is 2.35. The van der Waals surface area contributed by atoms with Crippen LogP contribution in [0.5, 0.6) is 0 Å². The van der Waals surface area contributed by atoms with Crippen molar-refractivity contribution in [3.63, 3.8) is 0 Å². The van der Waals surface area contributed by atoms with Gasteiger partial charge in [0, 0.05) is 11.0 Å². The Bertz CT molecular complexity index is 530. The average molecular weight is 223 g/mol. The summed E-state index contributed by atoms with van der Waals surface area (Å²) in [5.74, 6) is 0. The van der Waals surface area contributed by atoms with Crippen molar-refractivity contribution in [3.8, 4) is 0 Å². The van der Waals surface area contributed by atoms with Gasteiger partial charge in [0.15, 0.2) is 0 Å². The average Bonchev–Trinajstić information content (AvgIpc) is 2.39. The maximum Gasteiger partial charge on any atom is 0.200 e. The first-order valence-electron chi connectivity index (χ1n) is 4.82. The van der Waals surface area contributed by atoms with E-state index in [9.17, 15) is 8.42 Å². The molecule has 0 saturated heterocycles. The molecule has 1 aliphatic rings. The molecule has 0 aliphatic carbocycles. The predicted octanol–water partition coefficient (Wildman–Crippen LogP) is 1.34. The smallest absolute Gasteiger partial charge is 0.200 e. The van der Waals surface area contributed by atoms with Crippen LogP contribution < -0.4 is 5.73 Å². The second-order valence-electron chi connectivity index (χ2n) is 3.67. The minimum absolute atomic E-state index is 0.422. The minimum atomic E-state index is -3.20. The van der Waals surface area contributed by atoms with Gasteiger partial charge in [-0.2, -0.15) is 0 Å². The molecule has 0 bridgehead atoms. The number of nitrogens with two attached hydrogens (primary N) is 1. The molecule has 0 aromatic heterocycles. The number of hydrogen-bond acceptors (Lipinski definition) is 3. The van der Waals surface area contributed by atoms with Crippen LogP contribution in [0, 0.1) is 0 Å². The van der Waals surface area contributed by atoms with Crippen LogP contribution in [0.1, 0.15) is 18.1 Å². The molecular formula is C11H13NO2S. The zero-order chi connectivity index (χ0) is 11.1. The van der Waals surface area contributed by atoms with Gasteiger partial charge in [-0.15, -0.1) is 0 Å². The Hall–Kier alpha value is -1.13. The Morgan fingerprint density at radius 2 is 2.07 bits per heavy atom. The van der Waals surface area contributed by atoms with Gasteiger partial charge < -0.3 is 5.73 Å². The van der Waals surface area contributed by atoms with E-state index >= 15 is 0 Å². The van der Waals surface area contributed by atoms with E-state index in [2.05, 4.69) is 0 Å². The highest BCUT2D eigenvalue weighted by atomic mass is 32.2. The second kappa shape index (κ2) is 3.47. The summed E-state index contributed by atoms with van der Waals surface area (Å²) < 4.78 is 23.4. The summed E-state index contributed by atoms with van der Waals surface area (Å²) in [6.07, 6.45) is 0.712. The lowest BCUT2D eigenvalue weighted by Gasteiger charge is -2.07. The molecule has 0 unspecified atom stereocenters. The molecule has 1 aromatic rings. The van der Waals surface area contributed by atoms with Crippen LogP contribution in [0.25, 0.3) is 5.57 Å². The molecule has 0 amide bonds. The van der Waals surface area contributed by atoms with Gasteiger partial charge in [-0.1, -0.05) is 12.1 Å². The molecule has 3 nitrogen and oxygen atoms in total. The van der Waals surface area contributed by atoms with E-state index in [1.807, 2.05) is 13.0 Å². The summed E-state index contributed by atoms with van der Waals surface area (Å²) in [7, 11) is -3.20. The van der Waals surface area contributed by atoms with Crippen LogP contribution in [0.4, 0.5) is 0 Å². The van der Waals surface area contributed by atoms with E-state index in [1.54, 1.807) is 12.1 Å². The van der Waals surface area contributed by atoms with Crippen molar-refractivity contribution in [2.24, 2.45) is 5.73 Å². The fourth-order valence-electron chi connectivity index (χ4n) is 1.98. The highest BCUT2D eigenvalue weighted by Gasteiger charge is 2.26. The van der Waals surface area contributed by atoms with Gasteiger partial charge in [-0.25, -0.2) is 8.42 Å². The molecule has 1 aromatic carbocycles. The van der Waals surface area contributed by atoms with Crippen LogP contribution in [-0.2, 0) is 16.3 Å². The van der Waals surface area contributed by atoms with Gasteiger partial charge in [-0.05, 0) is 37.1 Å². The lowest BCUT2D eigenvalue weighted by Crippen LogP contribution is -2.05. The van der Waals surface area contributed by atoms with Crippen molar-refractivity contribution < 1.29 is 8.42 Å². The van der Waals surface area contributed by atoms with Gasteiger partial charge in [0.1, 0.15) is 0 Å². The van der Waals surface area contributed by atoms with Crippen LogP contribution >= 0.6 is 0 Å². The second-order valence-corrected chi connectivity index (χ2v) is 5.44. The summed E-state index contributed by atoms with van der Waals surface area (Å²) in [6, 6.07) is 5.36. The molecule has 15 heavy (non-hydrogen) atoms. The molecule has 1 heterocycles. The van der Waals surface area contributed by atoms with Crippen LogP contribution in [0.3, 0.4) is 0 Å². The summed E-state index contributed by atoms with van der Waals surface area (Å²) in [5, 5.41) is 1.33. The monoisotopic (exact) mass is 223 g/mol. The molecule has 1 aliphatic heterocycles. The van der Waals surface area contributed by atoms with Gasteiger partial charge in [0.25, 0.3) is 0 Å². The maximum absolute atomic E-state index is 11.7. The van der Waals surface area contributed by atoms with E-state index in [0.29, 0.717) is 17.9 Å². The van der Waals surface area contributed by atoms with E-state index in [1.165, 1.54) is 5.41 Å². The molecule has 0 saturated carbocycles. The molecule has 4 heteroatoms. The first-order chi connectivity index (χ1) is 7.06. The fraction of sp³-hybridized carbons (Fsp3) is 0.273. The van der Waals surface area contributed by atoms with Crippen molar-refractivity contribution >= 4 is 15.4 Å². The number of allylic oxidation sites excluding steroid dienone is 1. The molecule has 2 rings (SSSR count). The Balaban J connectivity index is 2.69. The number of sulfone groups is 1. The summed E-state index contributed by atoms with van der Waals surface area (Å²) in [4.78, 5) is 0.422. The van der Waals surface area contributed by atoms with Crippen molar-refractivity contribution in [1.82, 2.24) is 0 Å². The molecule has 0 spiro atoms. The standard InChI is InChI=1S/C11H13NO2S/c1-8-7-15(13,14)10-4-2-3-9(5-6-12)11(8)10/h2-4,7H,5-6,12H2,1H3. The largest absolute Gasteiger partial charge is 0.330 e. The lowest BCUT2D eigenvalue weighted by atomic mass is 10.00. The SMILES string of the molecule is CC1=CS(=O)(=O)c2cccc(CCN)c21. The van der Waals surface area contributed by atoms with Crippen molar-refractivity contribution in [1.29, 1.82) is 0 Å². The topological polar surface area (TPSA) is 60.2 Å². The first-order valence-corrected chi connectivity index (χ1v) is 6.36. The van der Waals surface area contributed by atoms with Gasteiger partial charge >= 0.3 is 0 Å². The van der Waals surface area contributed by atoms with Crippen molar-refractivity contribution in [2.75, 3.05) is 6.54 Å². The minimum Gasteiger partial charge on any atom is -0.330 e. The summed E-state index contributed by atoms with van der Waals surface area (Å²) in [6.45, 7) is 2.35. The zero-order valence-corrected chi connectivity index (χ0v) is 9.34. The van der Waals surface area contributed by atoms with E-state index in [4.69, 9.17) is 5.73 Å². The van der Waals surface area contributed by atoms with E-state index in [-0.39, 0.29) is 0 Å². The molecule has 0 atom stereocenters. The van der Waals surface area contributed by atoms with Crippen LogP contribution in [-0.4, -0.2) is 15.0 Å². The number of hydrogen-bond donors (Lipinski definition) is 1. The number of fused-ring (bicyclic) bond motifs is 1. The van der Waals surface area contributed by atoms with Crippen molar-refractivity contribution in [3.05, 3.63) is 34.7 Å². The van der Waals surface area contributed by atoms with E-state index in [0.717, 1.165) is 16.7 Å². The highest BCUT2D eigenvalue weighted by molar-refractivity contribution is 7.95. The maximum atomic E-state index is 11.7. The number of rotatable bonds is 2. The third kappa shape index (κ3) is 1.60. The molecule has 2 N–H and O–H groups in total. The van der Waals surface area contributed by atoms with Crippen LogP contribution in [0.15, 0.2) is 28.5 Å². The zero-order valence-electron chi connectivity index (χ0n) is 8.53. The third-order valence-corrected chi connectivity index (χ3v) is 4.18. The van der Waals surface area contributed by atoms with Gasteiger partial charge in [0.05, 0.1) is 4.90 Å². The first kappa shape index (κ1) is 10.4. The summed E-state index contributed by atoms with van der Waals surface area (Å²) in [5.41, 5.74) is 8.18. The normalized spacial score (nSPS) is 17.3. The molecule has 80 valence electrons. The fourth-order valence-corrected chi connectivity index (χ4v) is 3.54. The number of benzene rings is 1. The van der Waals surface area contributed by atoms with Gasteiger partial charge in [-0.3, -0.25) is 0 Å². The van der Waals surface area contributed by atoms with Crippen molar-refractivity contribution in [2.45, 2.75) is 18.2 Å². The van der Waals surface area contributed by atoms with Crippen LogP contribution in [0.2, 0.25) is 0 Å². The molecular weight excluding hydrogens is 210 g/mol. The Kier molecular flexibility index (Phi) is 2.40. The Labute approximate surface area is 89.5 Å². The quantitative estimate of drug-likeness (QED) is 0.823. The Morgan fingerprint density at radius 1 is 1.33 bits per heavy atom. The van der Waals surface area contributed by atoms with Gasteiger partial charge in [0.2, 0.25) is 9.84 Å². The lowest BCUT2D eigenvalue weighted by molar-refractivity contribution is 0.605.